The molecule has 0 aliphatic heterocycles. The van der Waals surface area contributed by atoms with Gasteiger partial charge in [0.15, 0.2) is 0 Å². The predicted molar refractivity (Wildman–Crippen MR) is 95.5 cm³/mol. The Bertz CT molecular complexity index is 814. The first-order chi connectivity index (χ1) is 12.2. The number of aryl methyl sites for hydroxylation is 1. The van der Waals surface area contributed by atoms with Crippen LogP contribution in [0.4, 0.5) is 5.69 Å². The van der Waals surface area contributed by atoms with Crippen molar-refractivity contribution >= 4 is 11.6 Å². The van der Waals surface area contributed by atoms with E-state index in [1.54, 1.807) is 18.1 Å². The van der Waals surface area contributed by atoms with E-state index in [9.17, 15) is 4.79 Å². The Morgan fingerprint density at radius 2 is 2.00 bits per heavy atom. The summed E-state index contributed by atoms with van der Waals surface area (Å²) in [6.45, 7) is 0.657. The van der Waals surface area contributed by atoms with Gasteiger partial charge in [-0.2, -0.15) is 5.10 Å². The third-order valence-electron chi connectivity index (χ3n) is 3.82. The number of nitrogens with zero attached hydrogens (tertiary/aromatic N) is 3. The van der Waals surface area contributed by atoms with Gasteiger partial charge in [0, 0.05) is 12.1 Å². The summed E-state index contributed by atoms with van der Waals surface area (Å²) >= 11 is 0. The molecular weight excluding hydrogens is 316 g/mol. The minimum absolute atomic E-state index is 0.00755. The molecule has 1 N–H and O–H groups in total. The fraction of sp³-hybridized carbons (Fsp3) is 0.211. The van der Waals surface area contributed by atoms with E-state index >= 15 is 0 Å². The van der Waals surface area contributed by atoms with Crippen LogP contribution in [0.1, 0.15) is 17.5 Å². The van der Waals surface area contributed by atoms with Crippen LogP contribution in [0.2, 0.25) is 0 Å². The second-order valence-corrected chi connectivity index (χ2v) is 5.69. The number of ether oxygens (including phenoxy) is 1. The maximum Gasteiger partial charge on any atom is 0.224 e. The Labute approximate surface area is 146 Å². The summed E-state index contributed by atoms with van der Waals surface area (Å²) in [5.41, 5.74) is 2.97. The fourth-order valence-electron chi connectivity index (χ4n) is 2.50. The molecule has 0 fully saturated rings. The van der Waals surface area contributed by atoms with Crippen LogP contribution in [0.3, 0.4) is 0 Å². The van der Waals surface area contributed by atoms with Crippen LogP contribution in [0, 0.1) is 0 Å². The van der Waals surface area contributed by atoms with Crippen molar-refractivity contribution in [1.82, 2.24) is 14.8 Å². The maximum absolute atomic E-state index is 12.1. The van der Waals surface area contributed by atoms with E-state index in [0.717, 1.165) is 22.6 Å². The van der Waals surface area contributed by atoms with Gasteiger partial charge in [0.25, 0.3) is 0 Å². The van der Waals surface area contributed by atoms with Crippen molar-refractivity contribution in [3.05, 3.63) is 72.3 Å². The first kappa shape index (κ1) is 16.7. The van der Waals surface area contributed by atoms with Gasteiger partial charge in [-0.15, -0.1) is 0 Å². The van der Waals surface area contributed by atoms with Gasteiger partial charge in [0.2, 0.25) is 5.91 Å². The molecule has 3 rings (SSSR count). The molecular formula is C19H20N4O2. The molecule has 0 unspecified atom stereocenters. The minimum atomic E-state index is -0.00755. The van der Waals surface area contributed by atoms with Crippen molar-refractivity contribution < 1.29 is 9.53 Å². The highest BCUT2D eigenvalue weighted by molar-refractivity contribution is 5.90. The number of carbonyl (C=O) groups is 1. The Balaban J connectivity index is 1.50. The second kappa shape index (κ2) is 8.10. The van der Waals surface area contributed by atoms with Gasteiger partial charge < -0.3 is 10.1 Å². The third kappa shape index (κ3) is 4.91. The molecule has 1 amide bonds. The van der Waals surface area contributed by atoms with Gasteiger partial charge >= 0.3 is 0 Å². The molecule has 0 spiro atoms. The van der Waals surface area contributed by atoms with Crippen LogP contribution < -0.4 is 10.1 Å². The zero-order valence-electron chi connectivity index (χ0n) is 14.1. The van der Waals surface area contributed by atoms with Gasteiger partial charge in [-0.25, -0.2) is 9.67 Å². The summed E-state index contributed by atoms with van der Waals surface area (Å²) in [6, 6.07) is 15.5. The van der Waals surface area contributed by atoms with Gasteiger partial charge in [-0.3, -0.25) is 4.79 Å². The fourth-order valence-corrected chi connectivity index (χ4v) is 2.50. The van der Waals surface area contributed by atoms with Crippen LogP contribution in [0.15, 0.2) is 61.2 Å². The van der Waals surface area contributed by atoms with E-state index in [1.165, 1.54) is 6.33 Å². The molecule has 0 radical (unpaired) electrons. The number of methoxy groups -OCH3 is 1. The number of carbonyl (C=O) groups excluding carboxylic acids is 1. The van der Waals surface area contributed by atoms with E-state index in [1.807, 2.05) is 48.5 Å². The molecule has 0 aliphatic rings. The largest absolute Gasteiger partial charge is 0.497 e. The van der Waals surface area contributed by atoms with Gasteiger partial charge in [-0.1, -0.05) is 24.3 Å². The molecule has 6 nitrogen and oxygen atoms in total. The molecule has 6 heteroatoms. The van der Waals surface area contributed by atoms with Crippen LogP contribution in [-0.2, 0) is 17.8 Å². The summed E-state index contributed by atoms with van der Waals surface area (Å²) in [6.07, 6.45) is 4.28. The monoisotopic (exact) mass is 336 g/mol. The lowest BCUT2D eigenvalue weighted by Crippen LogP contribution is -2.12. The standard InChI is InChI=1S/C19H20N4O2/c1-25-18-4-2-3-15(11-18)7-10-19(24)22-17-8-5-16(6-9-17)12-23-14-20-13-21-23/h2-6,8-9,11,13-14H,7,10,12H2,1H3,(H,22,24). The number of anilines is 1. The summed E-state index contributed by atoms with van der Waals surface area (Å²) in [5, 5.41) is 7.00. The van der Waals surface area contributed by atoms with Crippen LogP contribution in [-0.4, -0.2) is 27.8 Å². The normalized spacial score (nSPS) is 10.4. The van der Waals surface area contributed by atoms with Gasteiger partial charge in [-0.05, 0) is 41.8 Å². The second-order valence-electron chi connectivity index (χ2n) is 5.69. The van der Waals surface area contributed by atoms with E-state index in [2.05, 4.69) is 15.4 Å². The highest BCUT2D eigenvalue weighted by Crippen LogP contribution is 2.15. The summed E-state index contributed by atoms with van der Waals surface area (Å²) in [7, 11) is 1.64. The number of benzene rings is 2. The van der Waals surface area contributed by atoms with Crippen molar-refractivity contribution in [2.75, 3.05) is 12.4 Å². The SMILES string of the molecule is COc1cccc(CCC(=O)Nc2ccc(Cn3cncn3)cc2)c1. The lowest BCUT2D eigenvalue weighted by molar-refractivity contribution is -0.116. The summed E-state index contributed by atoms with van der Waals surface area (Å²) in [5.74, 6) is 0.799. The summed E-state index contributed by atoms with van der Waals surface area (Å²) in [4.78, 5) is 16.0. The van der Waals surface area contributed by atoms with Crippen LogP contribution in [0.25, 0.3) is 0 Å². The smallest absolute Gasteiger partial charge is 0.224 e. The van der Waals surface area contributed by atoms with Crippen molar-refractivity contribution in [2.45, 2.75) is 19.4 Å². The molecule has 0 atom stereocenters. The zero-order valence-corrected chi connectivity index (χ0v) is 14.1. The highest BCUT2D eigenvalue weighted by Gasteiger charge is 2.05. The van der Waals surface area contributed by atoms with Gasteiger partial charge in [0.05, 0.1) is 13.7 Å². The van der Waals surface area contributed by atoms with E-state index < -0.39 is 0 Å². The van der Waals surface area contributed by atoms with Crippen molar-refractivity contribution in [3.8, 4) is 5.75 Å². The first-order valence-corrected chi connectivity index (χ1v) is 8.07. The number of amides is 1. The molecule has 1 heterocycles. The van der Waals surface area contributed by atoms with Crippen molar-refractivity contribution in [2.24, 2.45) is 0 Å². The molecule has 25 heavy (non-hydrogen) atoms. The number of aromatic nitrogens is 3. The van der Waals surface area contributed by atoms with E-state index in [4.69, 9.17) is 4.74 Å². The van der Waals surface area contributed by atoms with Crippen LogP contribution in [0.5, 0.6) is 5.75 Å². The van der Waals surface area contributed by atoms with Crippen molar-refractivity contribution in [3.63, 3.8) is 0 Å². The Hall–Kier alpha value is -3.15. The molecule has 0 aliphatic carbocycles. The predicted octanol–water partition coefficient (Wildman–Crippen LogP) is 2.91. The first-order valence-electron chi connectivity index (χ1n) is 8.07. The Morgan fingerprint density at radius 3 is 2.72 bits per heavy atom. The zero-order chi connectivity index (χ0) is 17.5. The summed E-state index contributed by atoms with van der Waals surface area (Å²) < 4.78 is 6.95. The number of hydrogen-bond acceptors (Lipinski definition) is 4. The number of hydrogen-bond donors (Lipinski definition) is 1. The molecule has 1 aromatic heterocycles. The quantitative estimate of drug-likeness (QED) is 0.720. The topological polar surface area (TPSA) is 69.0 Å². The Kier molecular flexibility index (Phi) is 5.41. The lowest BCUT2D eigenvalue weighted by atomic mass is 10.1. The highest BCUT2D eigenvalue weighted by atomic mass is 16.5. The molecule has 0 bridgehead atoms. The lowest BCUT2D eigenvalue weighted by Gasteiger charge is -2.08. The number of nitrogens with one attached hydrogen (secondary N) is 1. The molecule has 0 saturated heterocycles. The van der Waals surface area contributed by atoms with Gasteiger partial charge in [0.1, 0.15) is 18.4 Å². The molecule has 128 valence electrons. The van der Waals surface area contributed by atoms with Crippen molar-refractivity contribution in [1.29, 1.82) is 0 Å². The average Bonchev–Trinajstić information content (AvgIpc) is 3.15. The maximum atomic E-state index is 12.1. The molecule has 2 aromatic carbocycles. The minimum Gasteiger partial charge on any atom is -0.497 e. The third-order valence-corrected chi connectivity index (χ3v) is 3.82. The van der Waals surface area contributed by atoms with E-state index in [-0.39, 0.29) is 5.91 Å². The van der Waals surface area contributed by atoms with Crippen LogP contribution >= 0.6 is 0 Å². The van der Waals surface area contributed by atoms with E-state index in [0.29, 0.717) is 19.4 Å². The number of rotatable bonds is 7. The average molecular weight is 336 g/mol. The molecule has 3 aromatic rings. The Morgan fingerprint density at radius 1 is 1.16 bits per heavy atom. The molecule has 0 saturated carbocycles.